The van der Waals surface area contributed by atoms with Crippen LogP contribution in [0.4, 0.5) is 0 Å². The van der Waals surface area contributed by atoms with Gasteiger partial charge in [0.25, 0.3) is 10.1 Å². The fourth-order valence-electron chi connectivity index (χ4n) is 2.42. The molecule has 0 unspecified atom stereocenters. The van der Waals surface area contributed by atoms with Gasteiger partial charge in [-0.25, -0.2) is 0 Å². The van der Waals surface area contributed by atoms with Crippen LogP contribution in [0.1, 0.15) is 41.0 Å². The van der Waals surface area contributed by atoms with Crippen molar-refractivity contribution < 1.29 is 26.8 Å². The monoisotopic (exact) mass is 320 g/mol. The molecule has 0 bridgehead atoms. The molecule has 0 N–H and O–H groups in total. The second kappa shape index (κ2) is 5.14. The lowest BCUT2D eigenvalue weighted by Crippen LogP contribution is -2.30. The van der Waals surface area contributed by atoms with Gasteiger partial charge in [0.05, 0.1) is 18.5 Å². The van der Waals surface area contributed by atoms with E-state index in [9.17, 15) is 8.42 Å². The molecule has 6 nitrogen and oxygen atoms in total. The van der Waals surface area contributed by atoms with E-state index >= 15 is 0 Å². The smallest absolute Gasteiger partial charge is 0.265 e. The lowest BCUT2D eigenvalue weighted by atomic mass is 10.1. The molecular formula is C14H24O6S. The molecule has 2 aliphatic rings. The van der Waals surface area contributed by atoms with Gasteiger partial charge in [0.15, 0.2) is 5.76 Å². The Morgan fingerprint density at radius 1 is 1.24 bits per heavy atom. The molecule has 0 amide bonds. The van der Waals surface area contributed by atoms with Crippen LogP contribution in [0.15, 0.2) is 11.5 Å². The topological polar surface area (TPSA) is 71.1 Å². The van der Waals surface area contributed by atoms with Gasteiger partial charge in [-0.15, -0.1) is 0 Å². The van der Waals surface area contributed by atoms with E-state index in [1.165, 1.54) is 0 Å². The van der Waals surface area contributed by atoms with Gasteiger partial charge in [0, 0.05) is 19.8 Å². The van der Waals surface area contributed by atoms with Gasteiger partial charge in [-0.05, 0) is 27.2 Å². The summed E-state index contributed by atoms with van der Waals surface area (Å²) in [5.74, 6) is 0.267. The number of hydrogen-bond acceptors (Lipinski definition) is 6. The third kappa shape index (κ3) is 4.34. The highest BCUT2D eigenvalue weighted by molar-refractivity contribution is 7.86. The van der Waals surface area contributed by atoms with Crippen LogP contribution in [-0.2, 0) is 28.5 Å². The van der Waals surface area contributed by atoms with E-state index in [-0.39, 0.29) is 11.5 Å². The SMILES string of the molecule is CC(C)(C)OC[C@H]1C[C@H](OS(C)(=O)=O)C2=C1OC(C)(C)O2. The maximum Gasteiger partial charge on any atom is 0.265 e. The molecule has 0 fully saturated rings. The third-order valence-corrected chi connectivity index (χ3v) is 3.71. The van der Waals surface area contributed by atoms with E-state index in [4.69, 9.17) is 18.4 Å². The van der Waals surface area contributed by atoms with E-state index < -0.39 is 22.0 Å². The normalized spacial score (nSPS) is 28.3. The Kier molecular flexibility index (Phi) is 4.06. The second-order valence-electron chi connectivity index (χ2n) is 6.98. The molecule has 0 saturated heterocycles. The summed E-state index contributed by atoms with van der Waals surface area (Å²) in [6.45, 7) is 9.91. The molecular weight excluding hydrogens is 296 g/mol. The highest BCUT2D eigenvalue weighted by Crippen LogP contribution is 2.45. The molecule has 21 heavy (non-hydrogen) atoms. The maximum absolute atomic E-state index is 11.4. The average Bonchev–Trinajstić information content (AvgIpc) is 2.68. The number of ether oxygens (including phenoxy) is 3. The van der Waals surface area contributed by atoms with Gasteiger partial charge in [0.1, 0.15) is 11.9 Å². The minimum absolute atomic E-state index is 0.0623. The zero-order valence-corrected chi connectivity index (χ0v) is 14.2. The average molecular weight is 320 g/mol. The standard InChI is InChI=1S/C14H24O6S/c1-13(2,3)17-8-9-7-10(20-21(6,15)16)12-11(9)18-14(4,5)19-12/h9-10H,7-8H2,1-6H3/t9-,10+/m1/s1. The van der Waals surface area contributed by atoms with Crippen molar-refractivity contribution in [2.75, 3.05) is 12.9 Å². The Labute approximate surface area is 126 Å². The molecule has 122 valence electrons. The van der Waals surface area contributed by atoms with Crippen LogP contribution in [0, 0.1) is 5.92 Å². The summed E-state index contributed by atoms with van der Waals surface area (Å²) in [7, 11) is -3.56. The molecule has 0 radical (unpaired) electrons. The first-order valence-electron chi connectivity index (χ1n) is 7.01. The summed E-state index contributed by atoms with van der Waals surface area (Å²) >= 11 is 0. The minimum atomic E-state index is -3.56. The van der Waals surface area contributed by atoms with Crippen LogP contribution in [-0.4, -0.2) is 38.8 Å². The van der Waals surface area contributed by atoms with E-state index in [1.807, 2.05) is 20.8 Å². The van der Waals surface area contributed by atoms with Crippen LogP contribution in [0.25, 0.3) is 0 Å². The molecule has 0 saturated carbocycles. The largest absolute Gasteiger partial charge is 0.453 e. The number of hydrogen-bond donors (Lipinski definition) is 0. The maximum atomic E-state index is 11.4. The summed E-state index contributed by atoms with van der Waals surface area (Å²) in [5, 5.41) is 0. The fraction of sp³-hybridized carbons (Fsp3) is 0.857. The van der Waals surface area contributed by atoms with Crippen molar-refractivity contribution in [2.45, 2.75) is 58.5 Å². The zero-order valence-electron chi connectivity index (χ0n) is 13.4. The first-order chi connectivity index (χ1) is 9.36. The van der Waals surface area contributed by atoms with Crippen molar-refractivity contribution in [3.8, 4) is 0 Å². The summed E-state index contributed by atoms with van der Waals surface area (Å²) < 4.78 is 45.2. The third-order valence-electron chi connectivity index (χ3n) is 3.12. The highest BCUT2D eigenvalue weighted by atomic mass is 32.2. The van der Waals surface area contributed by atoms with E-state index in [2.05, 4.69) is 0 Å². The van der Waals surface area contributed by atoms with Gasteiger partial charge < -0.3 is 14.2 Å². The van der Waals surface area contributed by atoms with Crippen molar-refractivity contribution in [1.29, 1.82) is 0 Å². The molecule has 0 aromatic carbocycles. The van der Waals surface area contributed by atoms with Crippen molar-refractivity contribution in [3.05, 3.63) is 11.5 Å². The molecule has 2 rings (SSSR count). The van der Waals surface area contributed by atoms with Gasteiger partial charge in [-0.2, -0.15) is 8.42 Å². The summed E-state index contributed by atoms with van der Waals surface area (Å²) in [5.41, 5.74) is -0.272. The molecule has 0 spiro atoms. The van der Waals surface area contributed by atoms with Crippen LogP contribution >= 0.6 is 0 Å². The Balaban J connectivity index is 2.15. The Bertz CT molecular complexity index is 540. The first-order valence-corrected chi connectivity index (χ1v) is 8.82. The van der Waals surface area contributed by atoms with Crippen molar-refractivity contribution >= 4 is 10.1 Å². The summed E-state index contributed by atoms with van der Waals surface area (Å²) in [4.78, 5) is 0. The molecule has 1 heterocycles. The molecule has 2 atom stereocenters. The molecule has 7 heteroatoms. The Morgan fingerprint density at radius 2 is 1.81 bits per heavy atom. The second-order valence-corrected chi connectivity index (χ2v) is 8.58. The van der Waals surface area contributed by atoms with E-state index in [1.54, 1.807) is 13.8 Å². The number of rotatable bonds is 4. The van der Waals surface area contributed by atoms with Crippen molar-refractivity contribution in [2.24, 2.45) is 5.92 Å². The van der Waals surface area contributed by atoms with Gasteiger partial charge in [-0.1, -0.05) is 0 Å². The quantitative estimate of drug-likeness (QED) is 0.739. The van der Waals surface area contributed by atoms with Gasteiger partial charge in [-0.3, -0.25) is 4.18 Å². The van der Waals surface area contributed by atoms with Crippen molar-refractivity contribution in [3.63, 3.8) is 0 Å². The minimum Gasteiger partial charge on any atom is -0.453 e. The van der Waals surface area contributed by atoms with Crippen molar-refractivity contribution in [1.82, 2.24) is 0 Å². The highest BCUT2D eigenvalue weighted by Gasteiger charge is 2.48. The van der Waals surface area contributed by atoms with E-state index in [0.717, 1.165) is 6.26 Å². The van der Waals surface area contributed by atoms with Gasteiger partial charge >= 0.3 is 0 Å². The van der Waals surface area contributed by atoms with Crippen LogP contribution < -0.4 is 0 Å². The van der Waals surface area contributed by atoms with Crippen LogP contribution in [0.5, 0.6) is 0 Å². The summed E-state index contributed by atoms with van der Waals surface area (Å²) in [6.07, 6.45) is 0.877. The predicted molar refractivity (Wildman–Crippen MR) is 76.8 cm³/mol. The predicted octanol–water partition coefficient (Wildman–Crippen LogP) is 2.16. The Morgan fingerprint density at radius 3 is 2.33 bits per heavy atom. The zero-order chi connectivity index (χ0) is 16.1. The molecule has 0 aromatic heterocycles. The molecule has 1 aliphatic carbocycles. The van der Waals surface area contributed by atoms with Gasteiger partial charge in [0.2, 0.25) is 5.79 Å². The Hall–Kier alpha value is -0.790. The van der Waals surface area contributed by atoms with Crippen LogP contribution in [0.3, 0.4) is 0 Å². The first kappa shape index (κ1) is 16.6. The lowest BCUT2D eigenvalue weighted by Gasteiger charge is -2.27. The van der Waals surface area contributed by atoms with E-state index in [0.29, 0.717) is 24.5 Å². The fourth-order valence-corrected chi connectivity index (χ4v) is 3.01. The molecule has 1 aliphatic heterocycles. The summed E-state index contributed by atoms with van der Waals surface area (Å²) in [6, 6.07) is 0. The van der Waals surface area contributed by atoms with Crippen LogP contribution in [0.2, 0.25) is 0 Å². The molecule has 0 aromatic rings. The lowest BCUT2D eigenvalue weighted by molar-refractivity contribution is -0.144.